The molecule has 0 radical (unpaired) electrons. The molecule has 62 heavy (non-hydrogen) atoms. The van der Waals surface area contributed by atoms with Gasteiger partial charge in [0.05, 0.1) is 19.8 Å². The van der Waals surface area contributed by atoms with E-state index < -0.39 is 43.4 Å². The van der Waals surface area contributed by atoms with Crippen LogP contribution in [0.25, 0.3) is 0 Å². The molecule has 1 aliphatic rings. The fraction of sp³-hybridized carbons (Fsp3) is 0.830. The fourth-order valence-corrected chi connectivity index (χ4v) is 7.78. The van der Waals surface area contributed by atoms with Crippen molar-refractivity contribution in [3.63, 3.8) is 0 Å². The molecule has 9 nitrogen and oxygen atoms in total. The van der Waals surface area contributed by atoms with E-state index in [-0.39, 0.29) is 19.2 Å². The first-order chi connectivity index (χ1) is 30.4. The highest BCUT2D eigenvalue weighted by Gasteiger charge is 2.44. The van der Waals surface area contributed by atoms with Crippen LogP contribution in [0.5, 0.6) is 0 Å². The SMILES string of the molecule is CC/C=C\C/C=C\C/C=C\C/C=C\CCCCCCCCCCCCCCCOCC(COC1OC(CO)C(O)C(O)C1O)OC(=O)CCCCCCCCCCCCCCC. The molecule has 6 unspecified atom stereocenters. The number of hydrogen-bond donors (Lipinski definition) is 4. The van der Waals surface area contributed by atoms with Crippen LogP contribution in [-0.4, -0.2) is 89.6 Å². The second kappa shape index (κ2) is 44.4. The molecular weight excluding hydrogens is 781 g/mol. The maximum absolute atomic E-state index is 12.8. The van der Waals surface area contributed by atoms with Crippen LogP contribution in [0.1, 0.15) is 219 Å². The summed E-state index contributed by atoms with van der Waals surface area (Å²) in [5, 5.41) is 40.2. The van der Waals surface area contributed by atoms with Crippen LogP contribution >= 0.6 is 0 Å². The summed E-state index contributed by atoms with van der Waals surface area (Å²) < 4.78 is 22.9. The second-order valence-electron chi connectivity index (χ2n) is 17.6. The number of carbonyl (C=O) groups excluding carboxylic acids is 1. The van der Waals surface area contributed by atoms with Crippen LogP contribution < -0.4 is 0 Å². The van der Waals surface area contributed by atoms with Crippen molar-refractivity contribution >= 4 is 5.97 Å². The largest absolute Gasteiger partial charge is 0.457 e. The summed E-state index contributed by atoms with van der Waals surface area (Å²) in [5.74, 6) is -0.312. The average molecular weight is 877 g/mol. The lowest BCUT2D eigenvalue weighted by Gasteiger charge is -2.39. The minimum atomic E-state index is -1.54. The molecule has 0 aromatic heterocycles. The number of esters is 1. The molecule has 0 bridgehead atoms. The van der Waals surface area contributed by atoms with Crippen LogP contribution in [0.2, 0.25) is 0 Å². The van der Waals surface area contributed by atoms with Gasteiger partial charge in [-0.15, -0.1) is 0 Å². The molecule has 1 rings (SSSR count). The first-order valence-electron chi connectivity index (χ1n) is 25.7. The lowest BCUT2D eigenvalue weighted by molar-refractivity contribution is -0.305. The highest BCUT2D eigenvalue weighted by molar-refractivity contribution is 5.69. The Morgan fingerprint density at radius 2 is 0.984 bits per heavy atom. The molecule has 1 heterocycles. The van der Waals surface area contributed by atoms with Crippen LogP contribution in [0, 0.1) is 0 Å². The van der Waals surface area contributed by atoms with E-state index in [1.54, 1.807) is 0 Å². The predicted molar refractivity (Wildman–Crippen MR) is 256 cm³/mol. The molecule has 9 heteroatoms. The quantitative estimate of drug-likeness (QED) is 0.0268. The molecule has 0 spiro atoms. The van der Waals surface area contributed by atoms with Gasteiger partial charge in [0.1, 0.15) is 30.5 Å². The Labute approximate surface area is 380 Å². The zero-order chi connectivity index (χ0) is 45.0. The first kappa shape index (κ1) is 58.2. The van der Waals surface area contributed by atoms with E-state index in [0.717, 1.165) is 57.8 Å². The van der Waals surface area contributed by atoms with Gasteiger partial charge in [-0.3, -0.25) is 4.79 Å². The molecule has 1 aliphatic heterocycles. The maximum atomic E-state index is 12.8. The summed E-state index contributed by atoms with van der Waals surface area (Å²) in [6.07, 6.45) is 48.6. The van der Waals surface area contributed by atoms with Gasteiger partial charge >= 0.3 is 5.97 Å². The van der Waals surface area contributed by atoms with E-state index in [1.165, 1.54) is 141 Å². The Kier molecular flexibility index (Phi) is 41.6. The molecular formula is C53H96O9. The van der Waals surface area contributed by atoms with E-state index in [0.29, 0.717) is 13.0 Å². The Balaban J connectivity index is 2.15. The van der Waals surface area contributed by atoms with Crippen LogP contribution in [0.15, 0.2) is 48.6 Å². The van der Waals surface area contributed by atoms with Crippen LogP contribution in [0.4, 0.5) is 0 Å². The standard InChI is InChI=1S/C53H96O9/c1-3-5-7-9-11-13-15-17-18-19-20-21-22-23-24-25-26-27-28-29-31-33-35-37-39-41-43-59-45-47(46-60-53-52(58)51(57)50(56)48(44-54)62-53)61-49(55)42-40-38-36-34-32-30-16-14-12-10-8-6-4-2/h5,7,11,13,17-18,20-21,47-48,50-54,56-58H,3-4,6,8-10,12,14-16,19,22-46H2,1-2H3/b7-5-,13-11-,18-17-,21-20-. The average Bonchev–Trinajstić information content (AvgIpc) is 3.27. The molecule has 0 aromatic carbocycles. The van der Waals surface area contributed by atoms with Gasteiger partial charge < -0.3 is 39.4 Å². The minimum absolute atomic E-state index is 0.111. The van der Waals surface area contributed by atoms with Crippen molar-refractivity contribution in [2.45, 2.75) is 256 Å². The van der Waals surface area contributed by atoms with Gasteiger partial charge in [-0.2, -0.15) is 0 Å². The third kappa shape index (κ3) is 34.5. The van der Waals surface area contributed by atoms with Gasteiger partial charge in [0.2, 0.25) is 0 Å². The highest BCUT2D eigenvalue weighted by Crippen LogP contribution is 2.23. The number of carbonyl (C=O) groups is 1. The summed E-state index contributed by atoms with van der Waals surface area (Å²) in [7, 11) is 0. The Hall–Kier alpha value is -1.85. The Morgan fingerprint density at radius 3 is 1.48 bits per heavy atom. The van der Waals surface area contributed by atoms with Crippen molar-refractivity contribution in [2.24, 2.45) is 0 Å². The van der Waals surface area contributed by atoms with Crippen molar-refractivity contribution in [1.29, 1.82) is 0 Å². The lowest BCUT2D eigenvalue weighted by Crippen LogP contribution is -2.59. The Bertz CT molecular complexity index is 1090. The van der Waals surface area contributed by atoms with Gasteiger partial charge in [0, 0.05) is 13.0 Å². The summed E-state index contributed by atoms with van der Waals surface area (Å²) in [6, 6.07) is 0. The smallest absolute Gasteiger partial charge is 0.306 e. The van der Waals surface area contributed by atoms with E-state index in [2.05, 4.69) is 62.5 Å². The summed E-state index contributed by atoms with van der Waals surface area (Å²) in [4.78, 5) is 12.8. The molecule has 0 aliphatic carbocycles. The lowest BCUT2D eigenvalue weighted by atomic mass is 9.99. The van der Waals surface area contributed by atoms with Gasteiger partial charge in [0.25, 0.3) is 0 Å². The van der Waals surface area contributed by atoms with Gasteiger partial charge in [-0.25, -0.2) is 0 Å². The van der Waals surface area contributed by atoms with E-state index in [1.807, 2.05) is 0 Å². The molecule has 1 fully saturated rings. The Morgan fingerprint density at radius 1 is 0.532 bits per heavy atom. The maximum Gasteiger partial charge on any atom is 0.306 e. The van der Waals surface area contributed by atoms with Gasteiger partial charge in [-0.05, 0) is 51.4 Å². The fourth-order valence-electron chi connectivity index (χ4n) is 7.78. The monoisotopic (exact) mass is 877 g/mol. The third-order valence-corrected chi connectivity index (χ3v) is 11.8. The third-order valence-electron chi connectivity index (χ3n) is 11.8. The number of unbranched alkanes of at least 4 members (excludes halogenated alkanes) is 25. The van der Waals surface area contributed by atoms with Crippen LogP contribution in [-0.2, 0) is 23.7 Å². The normalized spacial score (nSPS) is 20.1. The summed E-state index contributed by atoms with van der Waals surface area (Å²) in [5.41, 5.74) is 0. The van der Waals surface area contributed by atoms with E-state index >= 15 is 0 Å². The van der Waals surface area contributed by atoms with Gasteiger partial charge in [-0.1, -0.05) is 210 Å². The van der Waals surface area contributed by atoms with Crippen molar-refractivity contribution in [2.75, 3.05) is 26.4 Å². The zero-order valence-electron chi connectivity index (χ0n) is 39.9. The van der Waals surface area contributed by atoms with E-state index in [4.69, 9.17) is 18.9 Å². The number of aliphatic hydroxyl groups excluding tert-OH is 4. The number of ether oxygens (including phenoxy) is 4. The molecule has 1 saturated heterocycles. The number of hydrogen-bond acceptors (Lipinski definition) is 9. The van der Waals surface area contributed by atoms with Crippen molar-refractivity contribution in [1.82, 2.24) is 0 Å². The van der Waals surface area contributed by atoms with Crippen molar-refractivity contribution < 1.29 is 44.2 Å². The number of rotatable bonds is 44. The number of allylic oxidation sites excluding steroid dienone is 8. The number of aliphatic hydroxyl groups is 4. The highest BCUT2D eigenvalue weighted by atomic mass is 16.7. The molecule has 0 amide bonds. The molecule has 362 valence electrons. The molecule has 0 saturated carbocycles. The molecule has 6 atom stereocenters. The summed E-state index contributed by atoms with van der Waals surface area (Å²) in [6.45, 7) is 4.46. The molecule has 4 N–H and O–H groups in total. The first-order valence-corrected chi connectivity index (χ1v) is 25.7. The summed E-state index contributed by atoms with van der Waals surface area (Å²) >= 11 is 0. The topological polar surface area (TPSA) is 135 Å². The zero-order valence-corrected chi connectivity index (χ0v) is 39.9. The predicted octanol–water partition coefficient (Wildman–Crippen LogP) is 12.5. The van der Waals surface area contributed by atoms with Crippen molar-refractivity contribution in [3.8, 4) is 0 Å². The minimum Gasteiger partial charge on any atom is -0.457 e. The molecule has 0 aromatic rings. The second-order valence-corrected chi connectivity index (χ2v) is 17.6. The van der Waals surface area contributed by atoms with Crippen molar-refractivity contribution in [3.05, 3.63) is 48.6 Å². The van der Waals surface area contributed by atoms with E-state index in [9.17, 15) is 25.2 Å². The van der Waals surface area contributed by atoms with Crippen LogP contribution in [0.3, 0.4) is 0 Å². The van der Waals surface area contributed by atoms with Gasteiger partial charge in [0.15, 0.2) is 6.29 Å².